The third kappa shape index (κ3) is 2.69. The van der Waals surface area contributed by atoms with Gasteiger partial charge < -0.3 is 5.32 Å². The number of hydrogen-bond donors (Lipinski definition) is 1. The Morgan fingerprint density at radius 1 is 1.40 bits per heavy atom. The molecule has 1 N–H and O–H groups in total. The summed E-state index contributed by atoms with van der Waals surface area (Å²) in [5, 5.41) is 9.04. The highest BCUT2D eigenvalue weighted by Gasteiger charge is 2.16. The van der Waals surface area contributed by atoms with Crippen molar-refractivity contribution in [1.29, 1.82) is 0 Å². The van der Waals surface area contributed by atoms with Gasteiger partial charge in [-0.15, -0.1) is 0 Å². The summed E-state index contributed by atoms with van der Waals surface area (Å²) in [6.07, 6.45) is 3.92. The largest absolute Gasteiger partial charge is 0.312 e. The molecule has 2 aromatic heterocycles. The first-order chi connectivity index (χ1) is 9.63. The van der Waals surface area contributed by atoms with Gasteiger partial charge in [0.2, 0.25) is 0 Å². The molecule has 20 heavy (non-hydrogen) atoms. The average Bonchev–Trinajstić information content (AvgIpc) is 2.82. The lowest BCUT2D eigenvalue weighted by Crippen LogP contribution is -2.48. The maximum Gasteiger partial charge on any atom is 0.157 e. The molecule has 2 aromatic rings. The molecule has 108 valence electrons. The van der Waals surface area contributed by atoms with Crippen LogP contribution in [0.1, 0.15) is 32.4 Å². The molecule has 0 bridgehead atoms. The van der Waals surface area contributed by atoms with Gasteiger partial charge in [-0.25, -0.2) is 9.67 Å². The number of nitrogens with zero attached hydrogens (tertiary/aromatic N) is 4. The van der Waals surface area contributed by atoms with E-state index in [-0.39, 0.29) is 0 Å². The normalized spacial score (nSPS) is 20.9. The molecule has 0 aliphatic carbocycles. The van der Waals surface area contributed by atoms with Gasteiger partial charge >= 0.3 is 0 Å². The molecule has 1 saturated heterocycles. The molecule has 1 aliphatic heterocycles. The van der Waals surface area contributed by atoms with Crippen LogP contribution in [0.2, 0.25) is 0 Å². The van der Waals surface area contributed by atoms with Crippen molar-refractivity contribution in [2.75, 3.05) is 19.6 Å². The average molecular weight is 273 g/mol. The van der Waals surface area contributed by atoms with Crippen molar-refractivity contribution in [3.05, 3.63) is 24.0 Å². The molecule has 0 saturated carbocycles. The monoisotopic (exact) mass is 273 g/mol. The van der Waals surface area contributed by atoms with Crippen molar-refractivity contribution in [2.24, 2.45) is 0 Å². The lowest BCUT2D eigenvalue weighted by molar-refractivity contribution is 0.199. The van der Waals surface area contributed by atoms with Gasteiger partial charge in [-0.05, 0) is 32.4 Å². The SMILES string of the molecule is CC(C)n1ncc2cc(CN3CCN[C@@H](C)C3)cnc21. The summed E-state index contributed by atoms with van der Waals surface area (Å²) in [6.45, 7) is 10.7. The third-order valence-corrected chi connectivity index (χ3v) is 3.84. The van der Waals surface area contributed by atoms with E-state index in [1.807, 2.05) is 17.1 Å². The van der Waals surface area contributed by atoms with Gasteiger partial charge in [0.15, 0.2) is 5.65 Å². The lowest BCUT2D eigenvalue weighted by Gasteiger charge is -2.31. The fraction of sp³-hybridized carbons (Fsp3) is 0.600. The summed E-state index contributed by atoms with van der Waals surface area (Å²) in [5.74, 6) is 0. The van der Waals surface area contributed by atoms with E-state index < -0.39 is 0 Å². The van der Waals surface area contributed by atoms with E-state index in [2.05, 4.69) is 47.1 Å². The molecular formula is C15H23N5. The smallest absolute Gasteiger partial charge is 0.157 e. The number of rotatable bonds is 3. The molecule has 3 rings (SSSR count). The molecule has 0 unspecified atom stereocenters. The van der Waals surface area contributed by atoms with Crippen molar-refractivity contribution in [1.82, 2.24) is 25.0 Å². The first-order valence-corrected chi connectivity index (χ1v) is 7.41. The van der Waals surface area contributed by atoms with Crippen LogP contribution in [-0.4, -0.2) is 45.3 Å². The maximum atomic E-state index is 4.61. The minimum absolute atomic E-state index is 0.347. The second-order valence-corrected chi connectivity index (χ2v) is 6.03. The Bertz CT molecular complexity index is 589. The van der Waals surface area contributed by atoms with E-state index in [0.29, 0.717) is 12.1 Å². The zero-order valence-corrected chi connectivity index (χ0v) is 12.5. The van der Waals surface area contributed by atoms with Gasteiger partial charge in [0.25, 0.3) is 0 Å². The van der Waals surface area contributed by atoms with Crippen LogP contribution in [0, 0.1) is 0 Å². The van der Waals surface area contributed by atoms with Crippen molar-refractivity contribution in [3.8, 4) is 0 Å². The zero-order chi connectivity index (χ0) is 14.1. The predicted octanol–water partition coefficient (Wildman–Crippen LogP) is 1.81. The lowest BCUT2D eigenvalue weighted by atomic mass is 10.2. The van der Waals surface area contributed by atoms with Crippen LogP contribution in [0.3, 0.4) is 0 Å². The van der Waals surface area contributed by atoms with Gasteiger partial charge in [0, 0.05) is 49.8 Å². The summed E-state index contributed by atoms with van der Waals surface area (Å²) < 4.78 is 1.98. The van der Waals surface area contributed by atoms with E-state index in [4.69, 9.17) is 0 Å². The molecule has 0 radical (unpaired) electrons. The molecule has 5 nitrogen and oxygen atoms in total. The number of nitrogens with one attached hydrogen (secondary N) is 1. The highest BCUT2D eigenvalue weighted by molar-refractivity contribution is 5.75. The van der Waals surface area contributed by atoms with E-state index in [1.54, 1.807) is 0 Å². The Morgan fingerprint density at radius 2 is 2.25 bits per heavy atom. The van der Waals surface area contributed by atoms with Gasteiger partial charge in [-0.2, -0.15) is 5.10 Å². The number of pyridine rings is 1. The summed E-state index contributed by atoms with van der Waals surface area (Å²) in [5.41, 5.74) is 2.26. The Balaban J connectivity index is 1.79. The number of aromatic nitrogens is 3. The Labute approximate surface area is 120 Å². The van der Waals surface area contributed by atoms with Gasteiger partial charge in [-0.3, -0.25) is 4.90 Å². The zero-order valence-electron chi connectivity index (χ0n) is 12.5. The summed E-state index contributed by atoms with van der Waals surface area (Å²) in [6, 6.07) is 3.14. The molecule has 0 amide bonds. The van der Waals surface area contributed by atoms with Crippen molar-refractivity contribution in [2.45, 2.75) is 39.4 Å². The van der Waals surface area contributed by atoms with Crippen molar-refractivity contribution < 1.29 is 0 Å². The Kier molecular flexibility index (Phi) is 3.72. The number of hydrogen-bond acceptors (Lipinski definition) is 4. The summed E-state index contributed by atoms with van der Waals surface area (Å²) >= 11 is 0. The topological polar surface area (TPSA) is 46.0 Å². The minimum Gasteiger partial charge on any atom is -0.312 e. The van der Waals surface area contributed by atoms with Crippen LogP contribution < -0.4 is 5.32 Å². The van der Waals surface area contributed by atoms with Crippen molar-refractivity contribution >= 4 is 11.0 Å². The quantitative estimate of drug-likeness (QED) is 0.926. The molecular weight excluding hydrogens is 250 g/mol. The molecule has 1 fully saturated rings. The molecule has 3 heterocycles. The Hall–Kier alpha value is -1.46. The molecule has 0 aromatic carbocycles. The highest BCUT2D eigenvalue weighted by atomic mass is 15.3. The molecule has 0 spiro atoms. The van der Waals surface area contributed by atoms with Crippen molar-refractivity contribution in [3.63, 3.8) is 0 Å². The van der Waals surface area contributed by atoms with Crippen LogP contribution in [0.25, 0.3) is 11.0 Å². The standard InChI is InChI=1S/C15H23N5/c1-11(2)20-15-14(8-18-20)6-13(7-17-15)10-19-5-4-16-12(3)9-19/h6-8,11-12,16H,4-5,9-10H2,1-3H3/t12-/m0/s1. The first kappa shape index (κ1) is 13.5. The summed E-state index contributed by atoms with van der Waals surface area (Å²) in [7, 11) is 0. The summed E-state index contributed by atoms with van der Waals surface area (Å²) in [4.78, 5) is 7.09. The number of piperazine rings is 1. The fourth-order valence-electron chi connectivity index (χ4n) is 2.86. The second-order valence-electron chi connectivity index (χ2n) is 6.03. The van der Waals surface area contributed by atoms with E-state index in [9.17, 15) is 0 Å². The van der Waals surface area contributed by atoms with Gasteiger partial charge in [0.1, 0.15) is 0 Å². The van der Waals surface area contributed by atoms with Crippen LogP contribution in [0.5, 0.6) is 0 Å². The van der Waals surface area contributed by atoms with E-state index >= 15 is 0 Å². The van der Waals surface area contributed by atoms with E-state index in [0.717, 1.165) is 37.2 Å². The number of fused-ring (bicyclic) bond motifs is 1. The molecule has 1 atom stereocenters. The fourth-order valence-corrected chi connectivity index (χ4v) is 2.86. The van der Waals surface area contributed by atoms with Crippen LogP contribution in [0.15, 0.2) is 18.5 Å². The van der Waals surface area contributed by atoms with Gasteiger partial charge in [0.05, 0.1) is 6.20 Å². The third-order valence-electron chi connectivity index (χ3n) is 3.84. The highest BCUT2D eigenvalue weighted by Crippen LogP contribution is 2.17. The molecule has 1 aliphatic rings. The Morgan fingerprint density at radius 3 is 3.00 bits per heavy atom. The van der Waals surface area contributed by atoms with E-state index in [1.165, 1.54) is 5.56 Å². The van der Waals surface area contributed by atoms with Crippen LogP contribution in [0.4, 0.5) is 0 Å². The minimum atomic E-state index is 0.347. The van der Waals surface area contributed by atoms with Crippen LogP contribution >= 0.6 is 0 Å². The van der Waals surface area contributed by atoms with Crippen LogP contribution in [-0.2, 0) is 6.54 Å². The maximum absolute atomic E-state index is 4.61. The molecule has 5 heteroatoms. The predicted molar refractivity (Wildman–Crippen MR) is 80.7 cm³/mol. The first-order valence-electron chi connectivity index (χ1n) is 7.41. The second kappa shape index (κ2) is 5.50. The van der Waals surface area contributed by atoms with Gasteiger partial charge in [-0.1, -0.05) is 0 Å².